The second kappa shape index (κ2) is 9.03. The first kappa shape index (κ1) is 21.7. The van der Waals surface area contributed by atoms with Crippen LogP contribution in [0.5, 0.6) is 0 Å². The Morgan fingerprint density at radius 3 is 2.56 bits per heavy atom. The van der Waals surface area contributed by atoms with Crippen molar-refractivity contribution in [3.8, 4) is 5.69 Å². The monoisotopic (exact) mass is 469 g/mol. The zero-order chi connectivity index (χ0) is 23.7. The van der Waals surface area contributed by atoms with Gasteiger partial charge >= 0.3 is 0 Å². The summed E-state index contributed by atoms with van der Waals surface area (Å²) >= 11 is 5.75. The Labute approximate surface area is 201 Å². The number of hydrogen-bond acceptors (Lipinski definition) is 5. The number of hydrogen-bond donors (Lipinski definition) is 1. The van der Waals surface area contributed by atoms with Crippen LogP contribution in [0.2, 0.25) is 0 Å². The van der Waals surface area contributed by atoms with Gasteiger partial charge in [0, 0.05) is 11.4 Å². The molecule has 1 amide bonds. The van der Waals surface area contributed by atoms with Gasteiger partial charge in [-0.15, -0.1) is 5.10 Å². The summed E-state index contributed by atoms with van der Waals surface area (Å²) < 4.78 is 5.64. The lowest BCUT2D eigenvalue weighted by atomic mass is 10.1. The van der Waals surface area contributed by atoms with E-state index in [1.165, 1.54) is 0 Å². The van der Waals surface area contributed by atoms with Crippen molar-refractivity contribution >= 4 is 34.8 Å². The SMILES string of the molecule is Cc1ccc(C)c(NC(=O)Cn2nc(Cn3nnc4ccccc43)n(-c3ccccc3)c2=S)c1. The molecule has 1 N–H and O–H groups in total. The molecule has 3 aromatic carbocycles. The van der Waals surface area contributed by atoms with Crippen LogP contribution in [0.3, 0.4) is 0 Å². The number of nitrogens with zero attached hydrogens (tertiary/aromatic N) is 6. The molecule has 5 aromatic rings. The highest BCUT2D eigenvalue weighted by atomic mass is 32.1. The van der Waals surface area contributed by atoms with Crippen LogP contribution >= 0.6 is 12.2 Å². The molecule has 2 aromatic heterocycles. The van der Waals surface area contributed by atoms with Crippen LogP contribution in [0, 0.1) is 18.6 Å². The summed E-state index contributed by atoms with van der Waals surface area (Å²) in [4.78, 5) is 12.9. The number of amides is 1. The first-order valence-corrected chi connectivity index (χ1v) is 11.3. The number of benzene rings is 3. The maximum atomic E-state index is 12.9. The average molecular weight is 470 g/mol. The van der Waals surface area contributed by atoms with Crippen LogP contribution in [-0.4, -0.2) is 35.2 Å². The standard InChI is InChI=1S/C25H23N7OS/c1-17-12-13-18(2)21(14-17)26-24(33)16-31-25(34)32(19-8-4-3-5-9-19)23(28-31)15-30-22-11-7-6-10-20(22)27-29-30/h3-14H,15-16H2,1-2H3,(H,26,33). The van der Waals surface area contributed by atoms with E-state index in [2.05, 4.69) is 15.6 Å². The van der Waals surface area contributed by atoms with E-state index < -0.39 is 0 Å². The number of aromatic nitrogens is 6. The van der Waals surface area contributed by atoms with Crippen molar-refractivity contribution in [2.24, 2.45) is 0 Å². The molecule has 0 fully saturated rings. The van der Waals surface area contributed by atoms with Crippen molar-refractivity contribution in [1.29, 1.82) is 0 Å². The van der Waals surface area contributed by atoms with Gasteiger partial charge in [-0.1, -0.05) is 47.7 Å². The highest BCUT2D eigenvalue weighted by molar-refractivity contribution is 7.71. The fraction of sp³-hybridized carbons (Fsp3) is 0.160. The highest BCUT2D eigenvalue weighted by Crippen LogP contribution is 2.18. The van der Waals surface area contributed by atoms with E-state index in [0.717, 1.165) is 33.5 Å². The molecule has 34 heavy (non-hydrogen) atoms. The van der Waals surface area contributed by atoms with Crippen molar-refractivity contribution in [3.63, 3.8) is 0 Å². The molecule has 170 valence electrons. The predicted molar refractivity (Wildman–Crippen MR) is 134 cm³/mol. The van der Waals surface area contributed by atoms with E-state index in [-0.39, 0.29) is 12.5 Å². The molecule has 0 atom stereocenters. The maximum Gasteiger partial charge on any atom is 0.246 e. The Morgan fingerprint density at radius 2 is 1.74 bits per heavy atom. The van der Waals surface area contributed by atoms with Crippen molar-refractivity contribution in [3.05, 3.63) is 94.5 Å². The molecule has 9 heteroatoms. The summed E-state index contributed by atoms with van der Waals surface area (Å²) in [5, 5.41) is 16.2. The molecule has 5 rings (SSSR count). The number of rotatable bonds is 6. The first-order valence-electron chi connectivity index (χ1n) is 10.9. The third-order valence-corrected chi connectivity index (χ3v) is 5.99. The third kappa shape index (κ3) is 4.25. The lowest BCUT2D eigenvalue weighted by Gasteiger charge is -2.09. The van der Waals surface area contributed by atoms with Crippen LogP contribution in [0.15, 0.2) is 72.8 Å². The normalized spacial score (nSPS) is 11.1. The molecular weight excluding hydrogens is 446 g/mol. The van der Waals surface area contributed by atoms with E-state index in [1.807, 2.05) is 91.2 Å². The minimum atomic E-state index is -0.194. The van der Waals surface area contributed by atoms with Crippen molar-refractivity contribution in [1.82, 2.24) is 29.3 Å². The van der Waals surface area contributed by atoms with Crippen LogP contribution < -0.4 is 5.32 Å². The quantitative estimate of drug-likeness (QED) is 0.372. The molecule has 0 saturated heterocycles. The zero-order valence-electron chi connectivity index (χ0n) is 18.8. The van der Waals surface area contributed by atoms with Gasteiger partial charge in [0.05, 0.1) is 5.52 Å². The van der Waals surface area contributed by atoms with Crippen molar-refractivity contribution < 1.29 is 4.79 Å². The fourth-order valence-electron chi connectivity index (χ4n) is 3.86. The maximum absolute atomic E-state index is 12.9. The second-order valence-corrected chi connectivity index (χ2v) is 8.49. The Bertz CT molecular complexity index is 1550. The zero-order valence-corrected chi connectivity index (χ0v) is 19.7. The summed E-state index contributed by atoms with van der Waals surface area (Å²) in [5.74, 6) is 0.464. The van der Waals surface area contributed by atoms with Crippen LogP contribution in [-0.2, 0) is 17.9 Å². The number of carbonyl (C=O) groups is 1. The lowest BCUT2D eigenvalue weighted by Crippen LogP contribution is -2.20. The molecule has 0 aliphatic rings. The van der Waals surface area contributed by atoms with E-state index in [0.29, 0.717) is 17.1 Å². The van der Waals surface area contributed by atoms with Crippen LogP contribution in [0.1, 0.15) is 17.0 Å². The molecule has 2 heterocycles. The summed E-state index contributed by atoms with van der Waals surface area (Å²) in [6.07, 6.45) is 0. The topological polar surface area (TPSA) is 82.6 Å². The molecule has 0 saturated carbocycles. The minimum absolute atomic E-state index is 0.00282. The van der Waals surface area contributed by atoms with Gasteiger partial charge in [-0.25, -0.2) is 9.36 Å². The number of anilines is 1. The Hall–Kier alpha value is -4.11. The fourth-order valence-corrected chi connectivity index (χ4v) is 4.18. The summed E-state index contributed by atoms with van der Waals surface area (Å²) in [6.45, 7) is 4.31. The molecule has 0 spiro atoms. The Balaban J connectivity index is 1.50. The number of nitrogens with one attached hydrogen (secondary N) is 1. The lowest BCUT2D eigenvalue weighted by molar-refractivity contribution is -0.116. The Morgan fingerprint density at radius 1 is 0.971 bits per heavy atom. The highest BCUT2D eigenvalue weighted by Gasteiger charge is 2.17. The number of aryl methyl sites for hydroxylation is 2. The van der Waals surface area contributed by atoms with Crippen molar-refractivity contribution in [2.45, 2.75) is 26.9 Å². The Kier molecular flexibility index (Phi) is 5.77. The molecule has 0 radical (unpaired) electrons. The summed E-state index contributed by atoms with van der Waals surface area (Å²) in [5.41, 5.74) is 5.43. The number of carbonyl (C=O) groups excluding carboxylic acids is 1. The smallest absolute Gasteiger partial charge is 0.246 e. The third-order valence-electron chi connectivity index (χ3n) is 5.59. The predicted octanol–water partition coefficient (Wildman–Crippen LogP) is 4.45. The van der Waals surface area contributed by atoms with Gasteiger partial charge < -0.3 is 5.32 Å². The van der Waals surface area contributed by atoms with E-state index in [4.69, 9.17) is 17.3 Å². The van der Waals surface area contributed by atoms with Crippen LogP contribution in [0.25, 0.3) is 16.7 Å². The van der Waals surface area contributed by atoms with Gasteiger partial charge in [-0.2, -0.15) is 5.10 Å². The minimum Gasteiger partial charge on any atom is -0.324 e. The van der Waals surface area contributed by atoms with Crippen molar-refractivity contribution in [2.75, 3.05) is 5.32 Å². The summed E-state index contributed by atoms with van der Waals surface area (Å²) in [7, 11) is 0. The van der Waals surface area contributed by atoms with Gasteiger partial charge in [-0.3, -0.25) is 9.36 Å². The molecular formula is C25H23N7OS. The second-order valence-electron chi connectivity index (χ2n) is 8.13. The van der Waals surface area contributed by atoms with Gasteiger partial charge in [-0.05, 0) is 67.5 Å². The number of fused-ring (bicyclic) bond motifs is 1. The molecule has 0 aliphatic heterocycles. The largest absolute Gasteiger partial charge is 0.324 e. The molecule has 8 nitrogen and oxygen atoms in total. The molecule has 0 bridgehead atoms. The van der Waals surface area contributed by atoms with Gasteiger partial charge in [0.1, 0.15) is 18.6 Å². The molecule has 0 unspecified atom stereocenters. The van der Waals surface area contributed by atoms with E-state index in [1.54, 1.807) is 9.36 Å². The van der Waals surface area contributed by atoms with E-state index >= 15 is 0 Å². The van der Waals surface area contributed by atoms with Gasteiger partial charge in [0.15, 0.2) is 5.82 Å². The number of para-hydroxylation sites is 2. The first-order chi connectivity index (χ1) is 16.5. The van der Waals surface area contributed by atoms with Gasteiger partial charge in [0.2, 0.25) is 10.7 Å². The average Bonchev–Trinajstić information content (AvgIpc) is 3.38. The summed E-state index contributed by atoms with van der Waals surface area (Å²) in [6, 6.07) is 23.5. The van der Waals surface area contributed by atoms with E-state index in [9.17, 15) is 4.79 Å². The van der Waals surface area contributed by atoms with Gasteiger partial charge in [0.25, 0.3) is 0 Å². The molecule has 0 aliphatic carbocycles. The van der Waals surface area contributed by atoms with Crippen LogP contribution in [0.4, 0.5) is 5.69 Å².